The first-order valence-electron chi connectivity index (χ1n) is 16.2. The minimum Gasteiger partial charge on any atom is -0.477 e. The number of nitrogens with zero attached hydrogens (tertiary/aromatic N) is 4. The van der Waals surface area contributed by atoms with Crippen molar-refractivity contribution in [3.63, 3.8) is 0 Å². The second-order valence-electron chi connectivity index (χ2n) is 12.5. The third-order valence-electron chi connectivity index (χ3n) is 9.15. The Labute approximate surface area is 283 Å². The van der Waals surface area contributed by atoms with Crippen molar-refractivity contribution >= 4 is 52.0 Å². The summed E-state index contributed by atoms with van der Waals surface area (Å²) in [7, 11) is 0. The van der Waals surface area contributed by atoms with Crippen LogP contribution in [0.5, 0.6) is 0 Å². The highest BCUT2D eigenvalue weighted by atomic mass is 19.1. The lowest BCUT2D eigenvalue weighted by Crippen LogP contribution is -2.47. The average Bonchev–Trinajstić information content (AvgIpc) is 3.88. The molecule has 14 heteroatoms. The number of anilines is 3. The summed E-state index contributed by atoms with van der Waals surface area (Å²) in [6, 6.07) is 12.8. The molecule has 2 aliphatic heterocycles. The summed E-state index contributed by atoms with van der Waals surface area (Å²) < 4.78 is 51.1. The number of carbonyl (C=O) groups is 3. The van der Waals surface area contributed by atoms with Gasteiger partial charge in [0.1, 0.15) is 29.1 Å². The number of hydrogen-bond donors (Lipinski definition) is 2. The molecule has 0 radical (unpaired) electrons. The van der Waals surface area contributed by atoms with E-state index in [0.29, 0.717) is 48.6 Å². The summed E-state index contributed by atoms with van der Waals surface area (Å²) in [5.41, 5.74) is 0.907. The number of benzene rings is 3. The van der Waals surface area contributed by atoms with Gasteiger partial charge in [0.2, 0.25) is 11.3 Å². The van der Waals surface area contributed by atoms with E-state index in [9.17, 15) is 28.7 Å². The Bertz CT molecular complexity index is 2090. The number of cyclic esters (lactones) is 1. The Morgan fingerprint density at radius 3 is 2.24 bits per heavy atom. The summed E-state index contributed by atoms with van der Waals surface area (Å²) >= 11 is 0. The summed E-state index contributed by atoms with van der Waals surface area (Å²) in [5.74, 6) is -3.35. The molecule has 3 aromatic carbocycles. The number of piperazine rings is 1. The predicted molar refractivity (Wildman–Crippen MR) is 180 cm³/mol. The van der Waals surface area contributed by atoms with E-state index < -0.39 is 46.7 Å². The number of nitrogens with one attached hydrogen (secondary N) is 1. The number of fused-ring (bicyclic) bond motifs is 1. The lowest BCUT2D eigenvalue weighted by Gasteiger charge is -2.37. The maximum atomic E-state index is 15.5. The van der Waals surface area contributed by atoms with Gasteiger partial charge in [0, 0.05) is 49.9 Å². The Morgan fingerprint density at radius 1 is 0.900 bits per heavy atom. The smallest absolute Gasteiger partial charge is 0.414 e. The van der Waals surface area contributed by atoms with Crippen molar-refractivity contribution in [2.24, 2.45) is 0 Å². The molecule has 50 heavy (non-hydrogen) atoms. The van der Waals surface area contributed by atoms with E-state index in [4.69, 9.17) is 4.74 Å². The summed E-state index contributed by atoms with van der Waals surface area (Å²) in [5, 5.41) is 12.2. The molecule has 0 spiro atoms. The number of rotatable bonds is 9. The van der Waals surface area contributed by atoms with E-state index >= 15 is 8.78 Å². The van der Waals surface area contributed by atoms with Gasteiger partial charge in [-0.25, -0.2) is 22.8 Å². The Balaban J connectivity index is 0.978. The lowest BCUT2D eigenvalue weighted by atomic mass is 10.1. The van der Waals surface area contributed by atoms with Crippen LogP contribution in [-0.4, -0.2) is 73.0 Å². The van der Waals surface area contributed by atoms with Gasteiger partial charge in [0.15, 0.2) is 0 Å². The molecule has 1 aromatic heterocycles. The first-order chi connectivity index (χ1) is 24.0. The second-order valence-corrected chi connectivity index (χ2v) is 12.5. The van der Waals surface area contributed by atoms with Crippen molar-refractivity contribution in [1.29, 1.82) is 0 Å². The molecule has 3 fully saturated rings. The zero-order valence-corrected chi connectivity index (χ0v) is 26.7. The number of amides is 2. The Morgan fingerprint density at radius 2 is 1.58 bits per heavy atom. The van der Waals surface area contributed by atoms with Crippen LogP contribution in [0.3, 0.4) is 0 Å². The van der Waals surface area contributed by atoms with E-state index in [1.165, 1.54) is 53.6 Å². The molecule has 11 nitrogen and oxygen atoms in total. The largest absolute Gasteiger partial charge is 0.477 e. The molecule has 2 N–H and O–H groups in total. The minimum atomic E-state index is -1.35. The number of ether oxygens (including phenoxy) is 1. The fourth-order valence-corrected chi connectivity index (χ4v) is 6.37. The van der Waals surface area contributed by atoms with Crippen LogP contribution in [0.4, 0.5) is 35.0 Å². The molecule has 1 saturated carbocycles. The summed E-state index contributed by atoms with van der Waals surface area (Å²) in [6.45, 7) is 1.58. The van der Waals surface area contributed by atoms with E-state index in [1.807, 2.05) is 9.80 Å². The fraction of sp³-hybridized carbons (Fsp3) is 0.278. The van der Waals surface area contributed by atoms with Crippen molar-refractivity contribution < 1.29 is 37.4 Å². The van der Waals surface area contributed by atoms with E-state index in [-0.39, 0.29) is 36.0 Å². The SMILES string of the molecule is O=C(C=Cc1ccc(F)cc1)NC[C@H]1CN(c2ccc(N3CCN(c4cc5c(cc4F)c(=O)c(C(=O)O)cn5C4CC4)CC3)c(F)c2)C(=O)O1. The van der Waals surface area contributed by atoms with Crippen molar-refractivity contribution in [1.82, 2.24) is 9.88 Å². The molecule has 0 bridgehead atoms. The van der Waals surface area contributed by atoms with Crippen LogP contribution in [0.1, 0.15) is 34.8 Å². The van der Waals surface area contributed by atoms with Crippen LogP contribution >= 0.6 is 0 Å². The van der Waals surface area contributed by atoms with Gasteiger partial charge in [-0.15, -0.1) is 0 Å². The first kappa shape index (κ1) is 32.7. The molecule has 258 valence electrons. The molecule has 3 aliphatic rings. The molecule has 1 aliphatic carbocycles. The quantitative estimate of drug-likeness (QED) is 0.238. The van der Waals surface area contributed by atoms with Crippen molar-refractivity contribution in [2.75, 3.05) is 54.0 Å². The summed E-state index contributed by atoms with van der Waals surface area (Å²) in [4.78, 5) is 54.3. The number of carboxylic acids is 1. The number of carbonyl (C=O) groups excluding carboxylic acids is 2. The predicted octanol–water partition coefficient (Wildman–Crippen LogP) is 4.93. The maximum Gasteiger partial charge on any atom is 0.414 e. The van der Waals surface area contributed by atoms with Gasteiger partial charge in [0.25, 0.3) is 0 Å². The highest BCUT2D eigenvalue weighted by Gasteiger charge is 2.33. The Kier molecular flexibility index (Phi) is 8.68. The Hall–Kier alpha value is -5.79. The molecule has 2 saturated heterocycles. The molecule has 4 aromatic rings. The van der Waals surface area contributed by atoms with Gasteiger partial charge in [-0.1, -0.05) is 12.1 Å². The minimum absolute atomic E-state index is 0.0208. The van der Waals surface area contributed by atoms with Gasteiger partial charge >= 0.3 is 12.1 Å². The molecular formula is C36H32F3N5O6. The van der Waals surface area contributed by atoms with Crippen LogP contribution in [0.2, 0.25) is 0 Å². The van der Waals surface area contributed by atoms with Crippen LogP contribution in [0.15, 0.2) is 71.7 Å². The third kappa shape index (κ3) is 6.60. The van der Waals surface area contributed by atoms with Gasteiger partial charge < -0.3 is 29.5 Å². The van der Waals surface area contributed by atoms with E-state index in [1.54, 1.807) is 22.8 Å². The molecule has 0 unspecified atom stereocenters. The number of aromatic nitrogens is 1. The number of hydrogen-bond acceptors (Lipinski definition) is 7. The van der Waals surface area contributed by atoms with E-state index in [2.05, 4.69) is 5.32 Å². The number of halogens is 3. The zero-order valence-electron chi connectivity index (χ0n) is 26.7. The van der Waals surface area contributed by atoms with Crippen LogP contribution in [-0.2, 0) is 9.53 Å². The number of pyridine rings is 1. The normalized spacial score (nSPS) is 17.9. The van der Waals surface area contributed by atoms with Crippen LogP contribution < -0.4 is 25.4 Å². The number of aromatic carboxylic acids is 1. The molecule has 1 atom stereocenters. The lowest BCUT2D eigenvalue weighted by molar-refractivity contribution is -0.116. The summed E-state index contributed by atoms with van der Waals surface area (Å²) in [6.07, 6.45) is 4.51. The average molecular weight is 688 g/mol. The van der Waals surface area contributed by atoms with Gasteiger partial charge in [-0.05, 0) is 66.9 Å². The van der Waals surface area contributed by atoms with Gasteiger partial charge in [-0.3, -0.25) is 14.5 Å². The molecule has 3 heterocycles. The standard InChI is InChI=1S/C36H32F3N5O6/c37-22-4-1-21(2-5-22)3-10-33(45)40-18-25-19-44(36(49)50-25)24-8-9-30(28(38)15-24)41-11-13-42(14-12-41)32-17-31-26(16-29(32)39)34(46)27(35(47)48)20-43(31)23-6-7-23/h1-5,8-10,15-17,20,23,25H,6-7,11-14,18-19H2,(H,40,45)(H,47,48)/t25-/m0/s1. The first-order valence-corrected chi connectivity index (χ1v) is 16.2. The fourth-order valence-electron chi connectivity index (χ4n) is 6.37. The van der Waals surface area contributed by atoms with Crippen molar-refractivity contribution in [2.45, 2.75) is 25.0 Å². The maximum absolute atomic E-state index is 15.5. The zero-order chi connectivity index (χ0) is 35.1. The van der Waals surface area contributed by atoms with Crippen LogP contribution in [0.25, 0.3) is 17.0 Å². The van der Waals surface area contributed by atoms with Gasteiger partial charge in [-0.2, -0.15) is 0 Å². The molecular weight excluding hydrogens is 655 g/mol. The highest BCUT2D eigenvalue weighted by Crippen LogP contribution is 2.38. The monoisotopic (exact) mass is 687 g/mol. The second kappa shape index (κ2) is 13.3. The molecule has 7 rings (SSSR count). The van der Waals surface area contributed by atoms with Crippen molar-refractivity contribution in [3.8, 4) is 0 Å². The van der Waals surface area contributed by atoms with Gasteiger partial charge in [0.05, 0.1) is 35.7 Å². The van der Waals surface area contributed by atoms with Crippen LogP contribution in [0, 0.1) is 17.5 Å². The highest BCUT2D eigenvalue weighted by molar-refractivity contribution is 5.94. The topological polar surface area (TPSA) is 124 Å². The van der Waals surface area contributed by atoms with Crippen molar-refractivity contribution in [3.05, 3.63) is 106 Å². The third-order valence-corrected chi connectivity index (χ3v) is 9.15. The molecule has 2 amide bonds. The number of carboxylic acid groups (broad SMARTS) is 1. The van der Waals surface area contributed by atoms with E-state index in [0.717, 1.165) is 18.9 Å².